The molecule has 0 bridgehead atoms. The molecule has 9 heteroatoms. The number of rotatable bonds is 8. The third-order valence-corrected chi connectivity index (χ3v) is 9.56. The predicted molar refractivity (Wildman–Crippen MR) is 145 cm³/mol. The normalized spacial score (nSPS) is 11.1. The number of methoxy groups -OCH3 is 6. The lowest BCUT2D eigenvalue weighted by Gasteiger charge is -2.13. The molecule has 0 amide bonds. The maximum absolute atomic E-state index is 5.69. The average molecular weight is 529 g/mol. The minimum Gasteiger partial charge on any atom is -0.496 e. The van der Waals surface area contributed by atoms with Crippen LogP contribution in [0.25, 0.3) is 39.7 Å². The molecule has 6 nitrogen and oxygen atoms in total. The molecule has 3 aromatic heterocycles. The van der Waals surface area contributed by atoms with Gasteiger partial charge in [0.05, 0.1) is 63.2 Å². The lowest BCUT2D eigenvalue weighted by Crippen LogP contribution is -1.94. The topological polar surface area (TPSA) is 55.4 Å². The van der Waals surface area contributed by atoms with E-state index in [0.717, 1.165) is 20.9 Å². The molecule has 0 aliphatic rings. The molecule has 0 N–H and O–H groups in total. The molecule has 3 heterocycles. The first kappa shape index (κ1) is 23.6. The summed E-state index contributed by atoms with van der Waals surface area (Å²) in [6, 6.07) is 11.9. The second kappa shape index (κ2) is 9.49. The highest BCUT2D eigenvalue weighted by atomic mass is 32.1. The van der Waals surface area contributed by atoms with Crippen molar-refractivity contribution in [1.29, 1.82) is 0 Å². The largest absolute Gasteiger partial charge is 0.496 e. The van der Waals surface area contributed by atoms with Crippen LogP contribution in [0, 0.1) is 0 Å². The van der Waals surface area contributed by atoms with Crippen LogP contribution in [-0.2, 0) is 0 Å². The molecule has 0 saturated heterocycles. The fourth-order valence-electron chi connectivity index (χ4n) is 4.08. The summed E-state index contributed by atoms with van der Waals surface area (Å²) in [7, 11) is 9.90. The molecule has 5 aromatic rings. The van der Waals surface area contributed by atoms with Gasteiger partial charge >= 0.3 is 0 Å². The number of ether oxygens (including phenoxy) is 6. The summed E-state index contributed by atoms with van der Waals surface area (Å²) >= 11 is 5.23. The Labute approximate surface area is 215 Å². The van der Waals surface area contributed by atoms with Crippen LogP contribution in [0.15, 0.2) is 36.4 Å². The number of hydrogen-bond acceptors (Lipinski definition) is 9. The Hall–Kier alpha value is -3.14. The average Bonchev–Trinajstić information content (AvgIpc) is 3.57. The third kappa shape index (κ3) is 3.93. The van der Waals surface area contributed by atoms with Crippen molar-refractivity contribution in [2.24, 2.45) is 0 Å². The maximum Gasteiger partial charge on any atom is 0.134 e. The number of thiophene rings is 3. The van der Waals surface area contributed by atoms with Gasteiger partial charge in [0.2, 0.25) is 0 Å². The van der Waals surface area contributed by atoms with Crippen LogP contribution in [0.5, 0.6) is 34.5 Å². The van der Waals surface area contributed by atoms with Gasteiger partial charge in [-0.1, -0.05) is 0 Å². The van der Waals surface area contributed by atoms with Crippen LogP contribution in [0.2, 0.25) is 0 Å². The van der Waals surface area contributed by atoms with E-state index in [0.29, 0.717) is 34.5 Å². The van der Waals surface area contributed by atoms with E-state index < -0.39 is 0 Å². The zero-order valence-corrected chi connectivity index (χ0v) is 22.6. The highest BCUT2D eigenvalue weighted by molar-refractivity contribution is 7.40. The number of fused-ring (bicyclic) bond motifs is 3. The summed E-state index contributed by atoms with van der Waals surface area (Å²) < 4.78 is 38.5. The zero-order chi connectivity index (χ0) is 24.7. The molecule has 2 aromatic carbocycles. The molecule has 35 heavy (non-hydrogen) atoms. The van der Waals surface area contributed by atoms with Crippen LogP contribution >= 0.6 is 34.0 Å². The Kier molecular flexibility index (Phi) is 6.39. The molecule has 0 fully saturated rings. The van der Waals surface area contributed by atoms with Crippen LogP contribution in [0.3, 0.4) is 0 Å². The summed E-state index contributed by atoms with van der Waals surface area (Å²) in [5.41, 5.74) is 1.85. The highest BCUT2D eigenvalue weighted by Crippen LogP contribution is 2.53. The minimum absolute atomic E-state index is 0.688. The van der Waals surface area contributed by atoms with Crippen molar-refractivity contribution in [1.82, 2.24) is 0 Å². The first-order chi connectivity index (χ1) is 17.0. The van der Waals surface area contributed by atoms with Crippen molar-refractivity contribution in [2.45, 2.75) is 0 Å². The Morgan fingerprint density at radius 3 is 1.06 bits per heavy atom. The predicted octanol–water partition coefficient (Wildman–Crippen LogP) is 7.56. The highest BCUT2D eigenvalue weighted by Gasteiger charge is 2.23. The van der Waals surface area contributed by atoms with E-state index in [-0.39, 0.29) is 0 Å². The Balaban J connectivity index is 1.66. The van der Waals surface area contributed by atoms with Crippen molar-refractivity contribution in [2.75, 3.05) is 42.7 Å². The van der Waals surface area contributed by atoms with Gasteiger partial charge in [-0.05, 0) is 12.1 Å². The summed E-state index contributed by atoms with van der Waals surface area (Å²) in [4.78, 5) is 2.16. The van der Waals surface area contributed by atoms with E-state index >= 15 is 0 Å². The van der Waals surface area contributed by atoms with Crippen molar-refractivity contribution in [3.63, 3.8) is 0 Å². The van der Waals surface area contributed by atoms with Crippen LogP contribution in [-0.4, -0.2) is 42.7 Å². The van der Waals surface area contributed by atoms with Gasteiger partial charge in [0.15, 0.2) is 0 Å². The third-order valence-electron chi connectivity index (χ3n) is 5.75. The minimum atomic E-state index is 0.688. The Morgan fingerprint density at radius 2 is 0.771 bits per heavy atom. The Morgan fingerprint density at radius 1 is 0.429 bits per heavy atom. The first-order valence-corrected chi connectivity index (χ1v) is 13.1. The molecule has 0 atom stereocenters. The second-order valence-corrected chi connectivity index (χ2v) is 10.7. The van der Waals surface area contributed by atoms with Crippen LogP contribution < -0.4 is 28.4 Å². The summed E-state index contributed by atoms with van der Waals surface area (Å²) in [6.07, 6.45) is 0. The summed E-state index contributed by atoms with van der Waals surface area (Å²) in [5.74, 6) is 4.23. The molecule has 0 aliphatic carbocycles. The molecule has 0 aliphatic heterocycles. The maximum atomic E-state index is 5.69. The van der Waals surface area contributed by atoms with E-state index in [1.165, 1.54) is 18.8 Å². The standard InChI is InChI=1S/C26H24O6S3/c1-27-13-7-15(29-3)23(16(8-13)30-4)19-11-21-25(34-19)26-22(33-21)12-20(35-26)24-17(31-5)9-14(28-2)10-18(24)32-6/h7-12H,1-6H3. The zero-order valence-electron chi connectivity index (χ0n) is 20.1. The first-order valence-electron chi connectivity index (χ1n) is 10.6. The van der Waals surface area contributed by atoms with Crippen molar-refractivity contribution in [3.8, 4) is 55.4 Å². The lowest BCUT2D eigenvalue weighted by molar-refractivity contribution is 0.377. The second-order valence-electron chi connectivity index (χ2n) is 7.52. The lowest BCUT2D eigenvalue weighted by atomic mass is 10.1. The van der Waals surface area contributed by atoms with Gasteiger partial charge in [-0.25, -0.2) is 0 Å². The smallest absolute Gasteiger partial charge is 0.134 e. The van der Waals surface area contributed by atoms with E-state index in [1.807, 2.05) is 24.3 Å². The summed E-state index contributed by atoms with van der Waals surface area (Å²) in [6.45, 7) is 0. The van der Waals surface area contributed by atoms with Crippen LogP contribution in [0.4, 0.5) is 0 Å². The molecular formula is C26H24O6S3. The van der Waals surface area contributed by atoms with Crippen molar-refractivity contribution in [3.05, 3.63) is 36.4 Å². The molecule has 0 spiro atoms. The van der Waals surface area contributed by atoms with E-state index in [4.69, 9.17) is 28.4 Å². The molecule has 0 saturated carbocycles. The van der Waals surface area contributed by atoms with Gasteiger partial charge in [-0.15, -0.1) is 34.0 Å². The number of benzene rings is 2. The fraction of sp³-hybridized carbons (Fsp3) is 0.231. The Bertz CT molecular complexity index is 1360. The molecule has 0 radical (unpaired) electrons. The summed E-state index contributed by atoms with van der Waals surface area (Å²) in [5, 5.41) is 0. The quantitative estimate of drug-likeness (QED) is 0.207. The van der Waals surface area contributed by atoms with Gasteiger partial charge in [-0.3, -0.25) is 0 Å². The van der Waals surface area contributed by atoms with Gasteiger partial charge < -0.3 is 28.4 Å². The monoisotopic (exact) mass is 528 g/mol. The van der Waals surface area contributed by atoms with Crippen LogP contribution in [0.1, 0.15) is 0 Å². The van der Waals surface area contributed by atoms with E-state index in [2.05, 4.69) is 12.1 Å². The van der Waals surface area contributed by atoms with Gasteiger partial charge in [-0.2, -0.15) is 0 Å². The van der Waals surface area contributed by atoms with E-state index in [9.17, 15) is 0 Å². The van der Waals surface area contributed by atoms with Gasteiger partial charge in [0.25, 0.3) is 0 Å². The molecule has 5 rings (SSSR count). The SMILES string of the molecule is COc1cc(OC)c(-c2cc3sc4cc(-c5c(OC)cc(OC)cc5OC)sc4c3s2)c(OC)c1. The molecule has 0 unspecified atom stereocenters. The molecule has 182 valence electrons. The van der Waals surface area contributed by atoms with E-state index in [1.54, 1.807) is 76.7 Å². The van der Waals surface area contributed by atoms with Crippen molar-refractivity contribution >= 4 is 52.8 Å². The number of hydrogen-bond donors (Lipinski definition) is 0. The molecular weight excluding hydrogens is 504 g/mol. The van der Waals surface area contributed by atoms with Gasteiger partial charge in [0.1, 0.15) is 34.5 Å². The van der Waals surface area contributed by atoms with Gasteiger partial charge in [0, 0.05) is 43.4 Å². The fourth-order valence-corrected chi connectivity index (χ4v) is 8.21. The van der Waals surface area contributed by atoms with Crippen molar-refractivity contribution < 1.29 is 28.4 Å².